The first kappa shape index (κ1) is 24.3. The maximum atomic E-state index is 14.0. The van der Waals surface area contributed by atoms with Gasteiger partial charge in [-0.1, -0.05) is 68.5 Å². The van der Waals surface area contributed by atoms with Gasteiger partial charge in [0.05, 0.1) is 12.7 Å². The van der Waals surface area contributed by atoms with Crippen molar-refractivity contribution in [2.75, 3.05) is 13.2 Å². The second-order valence-corrected chi connectivity index (χ2v) is 7.60. The van der Waals surface area contributed by atoms with Gasteiger partial charge in [-0.15, -0.1) is 0 Å². The second kappa shape index (κ2) is 12.6. The first-order chi connectivity index (χ1) is 14.4. The Morgan fingerprint density at radius 2 is 1.57 bits per heavy atom. The number of aliphatic hydroxyl groups is 2. The van der Waals surface area contributed by atoms with Crippen LogP contribution < -0.4 is 0 Å². The lowest BCUT2D eigenvalue weighted by atomic mass is 10.00. The summed E-state index contributed by atoms with van der Waals surface area (Å²) in [5.41, 5.74) is 1.09. The Labute approximate surface area is 177 Å². The minimum atomic E-state index is -2.96. The third kappa shape index (κ3) is 8.01. The standard InChI is InChI=1S/C24H32F2O4/c25-24(26,21-10-6-5-7-11-21)18-30-15-9-4-2-1-3-8-12-22(28)19-13-14-23(29)20(16-19)17-27/h5-7,10-11,13-14,16,22,27-29H,1-4,8-9,12,15,17-18H2/t22-/m0/s1. The van der Waals surface area contributed by atoms with Crippen LogP contribution in [0, 0.1) is 0 Å². The molecule has 4 nitrogen and oxygen atoms in total. The van der Waals surface area contributed by atoms with E-state index in [1.807, 2.05) is 0 Å². The summed E-state index contributed by atoms with van der Waals surface area (Å²) in [6, 6.07) is 12.5. The van der Waals surface area contributed by atoms with E-state index in [2.05, 4.69) is 0 Å². The van der Waals surface area contributed by atoms with Gasteiger partial charge >= 0.3 is 0 Å². The zero-order valence-electron chi connectivity index (χ0n) is 17.3. The van der Waals surface area contributed by atoms with Crippen molar-refractivity contribution < 1.29 is 28.8 Å². The molecule has 30 heavy (non-hydrogen) atoms. The third-order valence-electron chi connectivity index (χ3n) is 5.15. The summed E-state index contributed by atoms with van der Waals surface area (Å²) in [6.07, 6.45) is 5.56. The first-order valence-corrected chi connectivity index (χ1v) is 10.6. The van der Waals surface area contributed by atoms with Crippen molar-refractivity contribution in [2.24, 2.45) is 0 Å². The van der Waals surface area contributed by atoms with Crippen molar-refractivity contribution in [3.63, 3.8) is 0 Å². The fourth-order valence-electron chi connectivity index (χ4n) is 3.32. The van der Waals surface area contributed by atoms with Crippen molar-refractivity contribution >= 4 is 0 Å². The Bertz CT molecular complexity index is 737. The highest BCUT2D eigenvalue weighted by atomic mass is 19.3. The highest BCUT2D eigenvalue weighted by molar-refractivity contribution is 5.36. The fraction of sp³-hybridized carbons (Fsp3) is 0.500. The van der Waals surface area contributed by atoms with E-state index in [1.165, 1.54) is 18.2 Å². The molecule has 1 atom stereocenters. The molecule has 0 spiro atoms. The number of unbranched alkanes of at least 4 members (excludes halogenated alkanes) is 5. The van der Waals surface area contributed by atoms with Crippen molar-refractivity contribution in [1.29, 1.82) is 0 Å². The SMILES string of the molecule is OCc1cc([C@@H](O)CCCCCCCCOCC(F)(F)c2ccccc2)ccc1O. The van der Waals surface area contributed by atoms with E-state index in [1.54, 1.807) is 30.3 Å². The van der Waals surface area contributed by atoms with Gasteiger partial charge in [0.25, 0.3) is 5.92 Å². The van der Waals surface area contributed by atoms with Crippen LogP contribution in [0.3, 0.4) is 0 Å². The number of aromatic hydroxyl groups is 1. The average Bonchev–Trinajstić information content (AvgIpc) is 2.75. The fourth-order valence-corrected chi connectivity index (χ4v) is 3.32. The summed E-state index contributed by atoms with van der Waals surface area (Å²) in [6.45, 7) is -0.528. The van der Waals surface area contributed by atoms with Gasteiger partial charge in [-0.25, -0.2) is 0 Å². The third-order valence-corrected chi connectivity index (χ3v) is 5.15. The molecule has 2 aromatic carbocycles. The van der Waals surface area contributed by atoms with Gasteiger partial charge in [-0.05, 0) is 30.5 Å². The quantitative estimate of drug-likeness (QED) is 0.354. The molecule has 0 aromatic heterocycles. The van der Waals surface area contributed by atoms with E-state index >= 15 is 0 Å². The number of ether oxygens (including phenoxy) is 1. The highest BCUT2D eigenvalue weighted by Crippen LogP contribution is 2.28. The summed E-state index contributed by atoms with van der Waals surface area (Å²) in [7, 11) is 0. The molecule has 0 fully saturated rings. The largest absolute Gasteiger partial charge is 0.508 e. The summed E-state index contributed by atoms with van der Waals surface area (Å²) >= 11 is 0. The number of halogens is 2. The molecule has 0 amide bonds. The smallest absolute Gasteiger partial charge is 0.296 e. The lowest BCUT2D eigenvalue weighted by Crippen LogP contribution is -2.21. The molecule has 0 aliphatic rings. The summed E-state index contributed by atoms with van der Waals surface area (Å²) < 4.78 is 33.1. The van der Waals surface area contributed by atoms with Crippen LogP contribution in [0.1, 0.15) is 67.7 Å². The highest BCUT2D eigenvalue weighted by Gasteiger charge is 2.31. The minimum absolute atomic E-state index is 0.0212. The molecule has 0 saturated carbocycles. The van der Waals surface area contributed by atoms with Crippen LogP contribution in [-0.4, -0.2) is 28.5 Å². The molecule has 6 heteroatoms. The van der Waals surface area contributed by atoms with Crippen LogP contribution in [0.25, 0.3) is 0 Å². The number of aliphatic hydroxyl groups excluding tert-OH is 2. The first-order valence-electron chi connectivity index (χ1n) is 10.6. The zero-order chi connectivity index (χ0) is 21.8. The normalized spacial score (nSPS) is 12.8. The molecule has 0 unspecified atom stereocenters. The molecule has 0 aliphatic carbocycles. The molecule has 0 heterocycles. The Morgan fingerprint density at radius 3 is 2.27 bits per heavy atom. The maximum absolute atomic E-state index is 14.0. The number of hydrogen-bond donors (Lipinski definition) is 3. The monoisotopic (exact) mass is 422 g/mol. The van der Waals surface area contributed by atoms with Crippen molar-refractivity contribution in [3.05, 3.63) is 65.2 Å². The van der Waals surface area contributed by atoms with Crippen LogP contribution in [0.15, 0.2) is 48.5 Å². The molecule has 0 radical (unpaired) electrons. The lowest BCUT2D eigenvalue weighted by molar-refractivity contribution is -0.0831. The van der Waals surface area contributed by atoms with E-state index < -0.39 is 18.6 Å². The molecule has 3 N–H and O–H groups in total. The van der Waals surface area contributed by atoms with E-state index in [0.29, 0.717) is 24.2 Å². The van der Waals surface area contributed by atoms with Crippen LogP contribution in [0.5, 0.6) is 5.75 Å². The van der Waals surface area contributed by atoms with E-state index in [4.69, 9.17) is 4.74 Å². The molecule has 2 aromatic rings. The van der Waals surface area contributed by atoms with Crippen LogP contribution >= 0.6 is 0 Å². The Balaban J connectivity index is 1.50. The van der Waals surface area contributed by atoms with Gasteiger partial charge in [-0.2, -0.15) is 8.78 Å². The van der Waals surface area contributed by atoms with Crippen molar-refractivity contribution in [3.8, 4) is 5.75 Å². The Hall–Kier alpha value is -2.02. The van der Waals surface area contributed by atoms with Crippen LogP contribution in [-0.2, 0) is 17.3 Å². The summed E-state index contributed by atoms with van der Waals surface area (Å²) in [4.78, 5) is 0. The Morgan fingerprint density at radius 1 is 0.900 bits per heavy atom. The zero-order valence-corrected chi connectivity index (χ0v) is 17.3. The number of rotatable bonds is 14. The molecule has 0 aliphatic heterocycles. The average molecular weight is 423 g/mol. The van der Waals surface area contributed by atoms with Gasteiger partial charge in [0.2, 0.25) is 0 Å². The minimum Gasteiger partial charge on any atom is -0.508 e. The van der Waals surface area contributed by atoms with Gasteiger partial charge in [0.1, 0.15) is 12.4 Å². The van der Waals surface area contributed by atoms with E-state index in [0.717, 1.165) is 38.5 Å². The molecule has 0 bridgehead atoms. The topological polar surface area (TPSA) is 69.9 Å². The van der Waals surface area contributed by atoms with Crippen molar-refractivity contribution in [2.45, 2.75) is 63.6 Å². The predicted molar refractivity (Wildman–Crippen MR) is 112 cm³/mol. The van der Waals surface area contributed by atoms with Crippen LogP contribution in [0.2, 0.25) is 0 Å². The number of hydrogen-bond acceptors (Lipinski definition) is 4. The molecule has 2 rings (SSSR count). The van der Waals surface area contributed by atoms with Gasteiger partial charge < -0.3 is 20.1 Å². The maximum Gasteiger partial charge on any atom is 0.296 e. The predicted octanol–water partition coefficient (Wildman–Crippen LogP) is 5.46. The van der Waals surface area contributed by atoms with E-state index in [9.17, 15) is 24.1 Å². The van der Waals surface area contributed by atoms with E-state index in [-0.39, 0.29) is 17.9 Å². The molecule has 0 saturated heterocycles. The second-order valence-electron chi connectivity index (χ2n) is 7.60. The summed E-state index contributed by atoms with van der Waals surface area (Å²) in [5, 5.41) is 29.0. The Kier molecular flexibility index (Phi) is 10.2. The number of alkyl halides is 2. The lowest BCUT2D eigenvalue weighted by Gasteiger charge is -2.16. The number of phenols is 1. The van der Waals surface area contributed by atoms with Gasteiger partial charge in [-0.3, -0.25) is 0 Å². The van der Waals surface area contributed by atoms with Gasteiger partial charge in [0.15, 0.2) is 0 Å². The van der Waals surface area contributed by atoms with Gasteiger partial charge in [0, 0.05) is 17.7 Å². The summed E-state index contributed by atoms with van der Waals surface area (Å²) in [5.74, 6) is -2.93. The molecular weight excluding hydrogens is 390 g/mol. The van der Waals surface area contributed by atoms with Crippen molar-refractivity contribution in [1.82, 2.24) is 0 Å². The number of benzene rings is 2. The molecule has 166 valence electrons. The molecular formula is C24H32F2O4. The van der Waals surface area contributed by atoms with Crippen LogP contribution in [0.4, 0.5) is 8.78 Å².